The molecule has 0 spiro atoms. The second kappa shape index (κ2) is 3.91. The van der Waals surface area contributed by atoms with Gasteiger partial charge in [0.25, 0.3) is 0 Å². The zero-order valence-electron chi connectivity index (χ0n) is 7.15. The van der Waals surface area contributed by atoms with Crippen molar-refractivity contribution in [3.63, 3.8) is 0 Å². The summed E-state index contributed by atoms with van der Waals surface area (Å²) in [7, 11) is 0. The molecule has 2 N–H and O–H groups in total. The minimum Gasteiger partial charge on any atom is -0.478 e. The molecule has 1 aromatic heterocycles. The number of carbonyl (C=O) groups is 1. The summed E-state index contributed by atoms with van der Waals surface area (Å²) in [5, 5.41) is 17.6. The van der Waals surface area contributed by atoms with Crippen LogP contribution in [0.15, 0.2) is 16.8 Å². The number of carboxylic acids is 1. The van der Waals surface area contributed by atoms with E-state index >= 15 is 0 Å². The van der Waals surface area contributed by atoms with Crippen molar-refractivity contribution in [1.82, 2.24) is 0 Å². The van der Waals surface area contributed by atoms with Crippen molar-refractivity contribution in [3.8, 4) is 0 Å². The van der Waals surface area contributed by atoms with E-state index < -0.39 is 5.97 Å². The summed E-state index contributed by atoms with van der Waals surface area (Å²) in [5.74, 6) is -0.829. The van der Waals surface area contributed by atoms with Gasteiger partial charge < -0.3 is 14.6 Å². The zero-order valence-corrected chi connectivity index (χ0v) is 7.15. The van der Waals surface area contributed by atoms with Gasteiger partial charge in [-0.1, -0.05) is 6.08 Å². The Bertz CT molecular complexity index is 335. The van der Waals surface area contributed by atoms with Crippen LogP contribution >= 0.6 is 0 Å². The number of hydrogen-bond acceptors (Lipinski definition) is 3. The lowest BCUT2D eigenvalue weighted by atomic mass is 10.1. The third kappa shape index (κ3) is 1.78. The Morgan fingerprint density at radius 1 is 1.69 bits per heavy atom. The molecule has 1 heterocycles. The number of aliphatic hydroxyl groups excluding tert-OH is 1. The number of furan rings is 1. The lowest BCUT2D eigenvalue weighted by Gasteiger charge is -1.93. The molecule has 0 aliphatic rings. The van der Waals surface area contributed by atoms with Gasteiger partial charge in [0.2, 0.25) is 0 Å². The van der Waals surface area contributed by atoms with E-state index in [4.69, 9.17) is 14.6 Å². The SMILES string of the molecule is CC=Cc1occ(CO)c1C(=O)O. The quantitative estimate of drug-likeness (QED) is 0.743. The maximum absolute atomic E-state index is 10.7. The Hall–Kier alpha value is -1.55. The van der Waals surface area contributed by atoms with Crippen LogP contribution in [0.3, 0.4) is 0 Å². The second-order valence-electron chi connectivity index (χ2n) is 2.46. The zero-order chi connectivity index (χ0) is 9.84. The number of allylic oxidation sites excluding steroid dienone is 1. The van der Waals surface area contributed by atoms with Gasteiger partial charge in [0.05, 0.1) is 12.9 Å². The van der Waals surface area contributed by atoms with Crippen molar-refractivity contribution in [3.05, 3.63) is 29.2 Å². The maximum Gasteiger partial charge on any atom is 0.339 e. The Morgan fingerprint density at radius 3 is 2.85 bits per heavy atom. The molecule has 0 amide bonds. The third-order valence-corrected chi connectivity index (χ3v) is 1.60. The highest BCUT2D eigenvalue weighted by Crippen LogP contribution is 2.18. The molecule has 1 rings (SSSR count). The number of rotatable bonds is 3. The van der Waals surface area contributed by atoms with Crippen LogP contribution in [-0.4, -0.2) is 16.2 Å². The van der Waals surface area contributed by atoms with E-state index in [9.17, 15) is 4.79 Å². The van der Waals surface area contributed by atoms with Crippen LogP contribution in [-0.2, 0) is 6.61 Å². The van der Waals surface area contributed by atoms with Gasteiger partial charge in [0.1, 0.15) is 11.3 Å². The molecule has 0 aliphatic heterocycles. The maximum atomic E-state index is 10.7. The first-order valence-electron chi connectivity index (χ1n) is 3.78. The van der Waals surface area contributed by atoms with E-state index in [1.54, 1.807) is 19.1 Å². The summed E-state index contributed by atoms with van der Waals surface area (Å²) < 4.78 is 4.96. The first-order valence-corrected chi connectivity index (χ1v) is 3.78. The largest absolute Gasteiger partial charge is 0.478 e. The molecular weight excluding hydrogens is 172 g/mol. The molecular formula is C9H10O4. The summed E-state index contributed by atoms with van der Waals surface area (Å²) in [5.41, 5.74) is 0.321. The van der Waals surface area contributed by atoms with Crippen molar-refractivity contribution in [2.45, 2.75) is 13.5 Å². The predicted octanol–water partition coefficient (Wildman–Crippen LogP) is 1.50. The van der Waals surface area contributed by atoms with E-state index in [-0.39, 0.29) is 17.9 Å². The van der Waals surface area contributed by atoms with Crippen molar-refractivity contribution in [2.24, 2.45) is 0 Å². The Morgan fingerprint density at radius 2 is 2.38 bits per heavy atom. The first-order chi connectivity index (χ1) is 6.20. The van der Waals surface area contributed by atoms with E-state index in [0.717, 1.165) is 0 Å². The van der Waals surface area contributed by atoms with Crippen molar-refractivity contribution in [2.75, 3.05) is 0 Å². The molecule has 70 valence electrons. The fourth-order valence-corrected chi connectivity index (χ4v) is 1.04. The Labute approximate surface area is 75.1 Å². The smallest absolute Gasteiger partial charge is 0.339 e. The first kappa shape index (κ1) is 9.54. The van der Waals surface area contributed by atoms with Crippen LogP contribution in [0.5, 0.6) is 0 Å². The standard InChI is InChI=1S/C9H10O4/c1-2-3-7-8(9(11)12)6(4-10)5-13-7/h2-3,5,10H,4H2,1H3,(H,11,12). The molecule has 0 atom stereocenters. The Kier molecular flexibility index (Phi) is 2.87. The highest BCUT2D eigenvalue weighted by atomic mass is 16.4. The number of aromatic carboxylic acids is 1. The van der Waals surface area contributed by atoms with Crippen LogP contribution in [0, 0.1) is 0 Å². The van der Waals surface area contributed by atoms with E-state index in [1.165, 1.54) is 6.26 Å². The number of aliphatic hydroxyl groups is 1. The van der Waals surface area contributed by atoms with Crippen LogP contribution in [0.2, 0.25) is 0 Å². The number of hydrogen-bond donors (Lipinski definition) is 2. The van der Waals surface area contributed by atoms with Gasteiger partial charge in [-0.3, -0.25) is 0 Å². The topological polar surface area (TPSA) is 70.7 Å². The second-order valence-corrected chi connectivity index (χ2v) is 2.46. The van der Waals surface area contributed by atoms with Gasteiger partial charge in [-0.15, -0.1) is 0 Å². The van der Waals surface area contributed by atoms with Gasteiger partial charge in [-0.05, 0) is 13.0 Å². The Balaban J connectivity index is 3.21. The minimum atomic E-state index is -1.09. The summed E-state index contributed by atoms with van der Waals surface area (Å²) in [4.78, 5) is 10.7. The average molecular weight is 182 g/mol. The van der Waals surface area contributed by atoms with Crippen molar-refractivity contribution < 1.29 is 19.4 Å². The molecule has 0 radical (unpaired) electrons. The summed E-state index contributed by atoms with van der Waals surface area (Å²) >= 11 is 0. The van der Waals surface area contributed by atoms with Gasteiger partial charge in [0, 0.05) is 5.56 Å². The van der Waals surface area contributed by atoms with Gasteiger partial charge in [-0.2, -0.15) is 0 Å². The molecule has 1 aromatic rings. The summed E-state index contributed by atoms with van der Waals surface area (Å²) in [6.45, 7) is 1.43. The molecule has 4 nitrogen and oxygen atoms in total. The summed E-state index contributed by atoms with van der Waals surface area (Å²) in [6.07, 6.45) is 4.47. The molecule has 4 heteroatoms. The van der Waals surface area contributed by atoms with Crippen molar-refractivity contribution in [1.29, 1.82) is 0 Å². The van der Waals surface area contributed by atoms with Crippen LogP contribution in [0.25, 0.3) is 6.08 Å². The third-order valence-electron chi connectivity index (χ3n) is 1.60. The summed E-state index contributed by atoms with van der Waals surface area (Å²) in [6, 6.07) is 0. The van der Waals surface area contributed by atoms with Gasteiger partial charge >= 0.3 is 5.97 Å². The highest BCUT2D eigenvalue weighted by molar-refractivity contribution is 5.92. The molecule has 13 heavy (non-hydrogen) atoms. The normalized spacial score (nSPS) is 10.9. The lowest BCUT2D eigenvalue weighted by Crippen LogP contribution is -2.00. The molecule has 0 saturated heterocycles. The average Bonchev–Trinajstić information content (AvgIpc) is 2.48. The van der Waals surface area contributed by atoms with Crippen LogP contribution in [0.4, 0.5) is 0 Å². The lowest BCUT2D eigenvalue weighted by molar-refractivity contribution is 0.0692. The van der Waals surface area contributed by atoms with E-state index in [0.29, 0.717) is 5.56 Å². The fraction of sp³-hybridized carbons (Fsp3) is 0.222. The van der Waals surface area contributed by atoms with Gasteiger partial charge in [0.15, 0.2) is 0 Å². The number of carboxylic acid groups (broad SMARTS) is 1. The van der Waals surface area contributed by atoms with Gasteiger partial charge in [-0.25, -0.2) is 4.79 Å². The molecule has 0 unspecified atom stereocenters. The molecule has 0 saturated carbocycles. The molecule has 0 fully saturated rings. The van der Waals surface area contributed by atoms with Crippen LogP contribution < -0.4 is 0 Å². The minimum absolute atomic E-state index is 0.0283. The highest BCUT2D eigenvalue weighted by Gasteiger charge is 2.17. The van der Waals surface area contributed by atoms with E-state index in [1.807, 2.05) is 0 Å². The fourth-order valence-electron chi connectivity index (χ4n) is 1.04. The van der Waals surface area contributed by atoms with Crippen molar-refractivity contribution >= 4 is 12.0 Å². The molecule has 0 bridgehead atoms. The van der Waals surface area contributed by atoms with E-state index in [2.05, 4.69) is 0 Å². The predicted molar refractivity (Wildman–Crippen MR) is 46.3 cm³/mol. The van der Waals surface area contributed by atoms with Crippen LogP contribution in [0.1, 0.15) is 28.6 Å². The molecule has 0 aromatic carbocycles. The molecule has 0 aliphatic carbocycles. The monoisotopic (exact) mass is 182 g/mol.